The van der Waals surface area contributed by atoms with E-state index in [-0.39, 0.29) is 11.9 Å². The Balaban J connectivity index is 1.65. The molecule has 106 valence electrons. The molecule has 1 aliphatic heterocycles. The molecule has 0 spiro atoms. The van der Waals surface area contributed by atoms with Crippen LogP contribution in [0.5, 0.6) is 0 Å². The van der Waals surface area contributed by atoms with Gasteiger partial charge in [-0.25, -0.2) is 0 Å². The topological polar surface area (TPSA) is 59.4 Å². The SMILES string of the molecule is CCC(C#N)N1CCN(CC(=O)NCC2CC2)CC1. The Hall–Kier alpha value is -1.12. The van der Waals surface area contributed by atoms with E-state index in [1.807, 2.05) is 6.92 Å². The molecule has 0 aromatic rings. The van der Waals surface area contributed by atoms with Crippen LogP contribution in [-0.2, 0) is 4.79 Å². The summed E-state index contributed by atoms with van der Waals surface area (Å²) < 4.78 is 0. The van der Waals surface area contributed by atoms with Crippen molar-refractivity contribution < 1.29 is 4.79 Å². The summed E-state index contributed by atoms with van der Waals surface area (Å²) in [5, 5.41) is 12.0. The Morgan fingerprint density at radius 1 is 1.37 bits per heavy atom. The molecule has 0 bridgehead atoms. The average Bonchev–Trinajstić information content (AvgIpc) is 3.24. The van der Waals surface area contributed by atoms with Gasteiger partial charge in [0.15, 0.2) is 0 Å². The fraction of sp³-hybridized carbons (Fsp3) is 0.857. The zero-order valence-electron chi connectivity index (χ0n) is 11.8. The van der Waals surface area contributed by atoms with Gasteiger partial charge in [0.2, 0.25) is 5.91 Å². The third-order valence-electron chi connectivity index (χ3n) is 4.04. The van der Waals surface area contributed by atoms with Gasteiger partial charge in [-0.1, -0.05) is 6.92 Å². The van der Waals surface area contributed by atoms with Gasteiger partial charge in [0, 0.05) is 32.7 Å². The first kappa shape index (κ1) is 14.3. The van der Waals surface area contributed by atoms with Gasteiger partial charge < -0.3 is 5.32 Å². The van der Waals surface area contributed by atoms with Crippen molar-refractivity contribution in [1.82, 2.24) is 15.1 Å². The summed E-state index contributed by atoms with van der Waals surface area (Å²) in [6.45, 7) is 6.95. The van der Waals surface area contributed by atoms with Crippen LogP contribution in [0.4, 0.5) is 0 Å². The molecule has 2 rings (SSSR count). The van der Waals surface area contributed by atoms with Gasteiger partial charge in [-0.2, -0.15) is 5.26 Å². The lowest BCUT2D eigenvalue weighted by molar-refractivity contribution is -0.122. The molecule has 5 nitrogen and oxygen atoms in total. The predicted molar refractivity (Wildman–Crippen MR) is 73.4 cm³/mol. The fourth-order valence-corrected chi connectivity index (χ4v) is 2.50. The standard InChI is InChI=1S/C14H24N4O/c1-2-13(9-15)18-7-5-17(6-8-18)11-14(19)16-10-12-3-4-12/h12-13H,2-8,10-11H2,1H3,(H,16,19). The van der Waals surface area contributed by atoms with E-state index in [0.29, 0.717) is 6.54 Å². The van der Waals surface area contributed by atoms with E-state index in [2.05, 4.69) is 21.2 Å². The maximum atomic E-state index is 11.8. The van der Waals surface area contributed by atoms with Crippen LogP contribution in [0, 0.1) is 17.2 Å². The lowest BCUT2D eigenvalue weighted by atomic mass is 10.2. The Morgan fingerprint density at radius 3 is 2.58 bits per heavy atom. The van der Waals surface area contributed by atoms with E-state index in [9.17, 15) is 4.79 Å². The van der Waals surface area contributed by atoms with Gasteiger partial charge >= 0.3 is 0 Å². The van der Waals surface area contributed by atoms with E-state index in [1.54, 1.807) is 0 Å². The van der Waals surface area contributed by atoms with Crippen LogP contribution in [0.15, 0.2) is 0 Å². The molecule has 5 heteroatoms. The van der Waals surface area contributed by atoms with Gasteiger partial charge in [-0.3, -0.25) is 14.6 Å². The maximum absolute atomic E-state index is 11.8. The lowest BCUT2D eigenvalue weighted by Crippen LogP contribution is -2.52. The zero-order chi connectivity index (χ0) is 13.7. The number of nitrogens with one attached hydrogen (secondary N) is 1. The first-order valence-electron chi connectivity index (χ1n) is 7.35. The maximum Gasteiger partial charge on any atom is 0.234 e. The Bertz CT molecular complexity index is 340. The number of rotatable bonds is 6. The number of hydrogen-bond acceptors (Lipinski definition) is 4. The smallest absolute Gasteiger partial charge is 0.234 e. The third-order valence-corrected chi connectivity index (χ3v) is 4.04. The Morgan fingerprint density at radius 2 is 2.05 bits per heavy atom. The molecular weight excluding hydrogens is 240 g/mol. The van der Waals surface area contributed by atoms with Gasteiger partial charge in [0.05, 0.1) is 18.7 Å². The largest absolute Gasteiger partial charge is 0.355 e. The summed E-state index contributed by atoms with van der Waals surface area (Å²) >= 11 is 0. The van der Waals surface area contributed by atoms with Crippen molar-refractivity contribution >= 4 is 5.91 Å². The number of carbonyl (C=O) groups is 1. The minimum Gasteiger partial charge on any atom is -0.355 e. The van der Waals surface area contributed by atoms with Crippen molar-refractivity contribution in [2.24, 2.45) is 5.92 Å². The van der Waals surface area contributed by atoms with Crippen LogP contribution in [0.2, 0.25) is 0 Å². The second-order valence-corrected chi connectivity index (χ2v) is 5.61. The average molecular weight is 264 g/mol. The highest BCUT2D eigenvalue weighted by atomic mass is 16.2. The van der Waals surface area contributed by atoms with Crippen LogP contribution in [0.25, 0.3) is 0 Å². The summed E-state index contributed by atoms with van der Waals surface area (Å²) in [5.41, 5.74) is 0. The van der Waals surface area contributed by atoms with Crippen molar-refractivity contribution in [2.45, 2.75) is 32.2 Å². The van der Waals surface area contributed by atoms with Gasteiger partial charge in [0.1, 0.15) is 0 Å². The Labute approximate surface area is 115 Å². The fourth-order valence-electron chi connectivity index (χ4n) is 2.50. The van der Waals surface area contributed by atoms with Crippen LogP contribution in [-0.4, -0.2) is 61.0 Å². The van der Waals surface area contributed by atoms with Crippen molar-refractivity contribution in [3.05, 3.63) is 0 Å². The van der Waals surface area contributed by atoms with E-state index < -0.39 is 0 Å². The molecule has 0 aromatic carbocycles. The summed E-state index contributed by atoms with van der Waals surface area (Å²) in [5.74, 6) is 0.884. The minimum absolute atomic E-state index is 0.0332. The predicted octanol–water partition coefficient (Wildman–Crippen LogP) is 0.432. The molecule has 1 amide bonds. The van der Waals surface area contributed by atoms with Crippen LogP contribution in [0.1, 0.15) is 26.2 Å². The highest BCUT2D eigenvalue weighted by molar-refractivity contribution is 5.78. The van der Waals surface area contributed by atoms with Gasteiger partial charge in [0.25, 0.3) is 0 Å². The minimum atomic E-state index is 0.0332. The van der Waals surface area contributed by atoms with E-state index in [4.69, 9.17) is 5.26 Å². The molecule has 0 radical (unpaired) electrons. The van der Waals surface area contributed by atoms with Crippen molar-refractivity contribution in [3.63, 3.8) is 0 Å². The first-order valence-corrected chi connectivity index (χ1v) is 7.35. The molecule has 19 heavy (non-hydrogen) atoms. The molecule has 1 N–H and O–H groups in total. The van der Waals surface area contributed by atoms with Crippen molar-refractivity contribution in [3.8, 4) is 6.07 Å². The number of hydrogen-bond donors (Lipinski definition) is 1. The molecule has 1 heterocycles. The monoisotopic (exact) mass is 264 g/mol. The molecule has 1 atom stereocenters. The molecule has 1 unspecified atom stereocenters. The van der Waals surface area contributed by atoms with E-state index in [0.717, 1.165) is 45.1 Å². The summed E-state index contributed by atoms with van der Waals surface area (Å²) in [4.78, 5) is 16.2. The quantitative estimate of drug-likeness (QED) is 0.756. The molecule has 1 saturated carbocycles. The number of amides is 1. The molecule has 1 saturated heterocycles. The second-order valence-electron chi connectivity index (χ2n) is 5.61. The molecule has 1 aliphatic carbocycles. The van der Waals surface area contributed by atoms with Gasteiger partial charge in [-0.05, 0) is 25.2 Å². The summed E-state index contributed by atoms with van der Waals surface area (Å²) in [6, 6.07) is 2.38. The van der Waals surface area contributed by atoms with Crippen LogP contribution < -0.4 is 5.32 Å². The Kier molecular flexibility index (Phi) is 5.17. The summed E-state index contributed by atoms with van der Waals surface area (Å²) in [7, 11) is 0. The molecule has 2 fully saturated rings. The summed E-state index contributed by atoms with van der Waals surface area (Å²) in [6.07, 6.45) is 3.41. The van der Waals surface area contributed by atoms with E-state index >= 15 is 0 Å². The molecular formula is C14H24N4O. The second kappa shape index (κ2) is 6.88. The normalized spacial score (nSPS) is 22.7. The molecule has 0 aromatic heterocycles. The number of nitriles is 1. The third kappa shape index (κ3) is 4.48. The van der Waals surface area contributed by atoms with E-state index in [1.165, 1.54) is 12.8 Å². The van der Waals surface area contributed by atoms with Crippen LogP contribution >= 0.6 is 0 Å². The molecule has 2 aliphatic rings. The lowest BCUT2D eigenvalue weighted by Gasteiger charge is -2.36. The van der Waals surface area contributed by atoms with Crippen molar-refractivity contribution in [2.75, 3.05) is 39.3 Å². The first-order chi connectivity index (χ1) is 9.22. The number of carbonyl (C=O) groups excluding carboxylic acids is 1. The number of nitrogens with zero attached hydrogens (tertiary/aromatic N) is 3. The van der Waals surface area contributed by atoms with Crippen LogP contribution in [0.3, 0.4) is 0 Å². The van der Waals surface area contributed by atoms with Crippen molar-refractivity contribution in [1.29, 1.82) is 5.26 Å². The zero-order valence-corrected chi connectivity index (χ0v) is 11.8. The highest BCUT2D eigenvalue weighted by Gasteiger charge is 2.25. The van der Waals surface area contributed by atoms with Gasteiger partial charge in [-0.15, -0.1) is 0 Å². The number of piperazine rings is 1. The highest BCUT2D eigenvalue weighted by Crippen LogP contribution is 2.27.